The molecule has 0 atom stereocenters. The maximum atomic E-state index is 12.4. The normalized spacial score (nSPS) is 10.7. The van der Waals surface area contributed by atoms with Gasteiger partial charge in [0.2, 0.25) is 5.78 Å². The quantitative estimate of drug-likeness (QED) is 0.736. The third-order valence-electron chi connectivity index (χ3n) is 3.06. The Morgan fingerprint density at radius 3 is 2.50 bits per heavy atom. The smallest absolute Gasteiger partial charge is 0.204 e. The summed E-state index contributed by atoms with van der Waals surface area (Å²) in [7, 11) is 0. The summed E-state index contributed by atoms with van der Waals surface area (Å²) < 4.78 is 0. The molecule has 0 bridgehead atoms. The van der Waals surface area contributed by atoms with Gasteiger partial charge in [0.1, 0.15) is 0 Å². The van der Waals surface area contributed by atoms with E-state index in [2.05, 4.69) is 6.92 Å². The highest BCUT2D eigenvalue weighted by Gasteiger charge is 2.15. The molecule has 1 heterocycles. The average molecular weight is 279 g/mol. The van der Waals surface area contributed by atoms with Crippen LogP contribution in [0.25, 0.3) is 0 Å². The number of hydrogen-bond acceptors (Lipinski definition) is 2. The predicted molar refractivity (Wildman–Crippen MR) is 78.1 cm³/mol. The van der Waals surface area contributed by atoms with Crippen LogP contribution in [0, 0.1) is 13.8 Å². The Kier molecular flexibility index (Phi) is 3.88. The molecule has 0 spiro atoms. The van der Waals surface area contributed by atoms with Gasteiger partial charge in [-0.3, -0.25) is 4.79 Å². The molecule has 2 aromatic rings. The van der Waals surface area contributed by atoms with Gasteiger partial charge in [-0.2, -0.15) is 0 Å². The minimum Gasteiger partial charge on any atom is -0.288 e. The Hall–Kier alpha value is -1.12. The number of thiophene rings is 1. The van der Waals surface area contributed by atoms with Gasteiger partial charge >= 0.3 is 0 Å². The van der Waals surface area contributed by atoms with Gasteiger partial charge < -0.3 is 0 Å². The molecule has 0 aliphatic heterocycles. The first-order valence-electron chi connectivity index (χ1n) is 5.93. The van der Waals surface area contributed by atoms with Gasteiger partial charge in [0.15, 0.2) is 0 Å². The molecule has 0 N–H and O–H groups in total. The lowest BCUT2D eigenvalue weighted by atomic mass is 10.0. The van der Waals surface area contributed by atoms with Crippen LogP contribution in [-0.2, 0) is 6.42 Å². The van der Waals surface area contributed by atoms with Crippen LogP contribution in [0.2, 0.25) is 5.02 Å². The third kappa shape index (κ3) is 2.50. The van der Waals surface area contributed by atoms with Crippen molar-refractivity contribution in [2.75, 3.05) is 0 Å². The predicted octanol–water partition coefficient (Wildman–Crippen LogP) is 4.81. The summed E-state index contributed by atoms with van der Waals surface area (Å²) in [6.45, 7) is 6.08. The zero-order valence-electron chi connectivity index (χ0n) is 10.7. The Morgan fingerprint density at radius 1 is 1.22 bits per heavy atom. The Balaban J connectivity index is 2.42. The third-order valence-corrected chi connectivity index (χ3v) is 4.60. The van der Waals surface area contributed by atoms with Crippen molar-refractivity contribution in [3.05, 3.63) is 55.7 Å². The lowest BCUT2D eigenvalue weighted by Crippen LogP contribution is -2.01. The summed E-state index contributed by atoms with van der Waals surface area (Å²) in [5.41, 5.74) is 2.80. The van der Waals surface area contributed by atoms with Crippen LogP contribution < -0.4 is 0 Å². The lowest BCUT2D eigenvalue weighted by molar-refractivity contribution is 0.104. The van der Waals surface area contributed by atoms with Crippen molar-refractivity contribution in [1.82, 2.24) is 0 Å². The molecule has 1 aromatic carbocycles. The first kappa shape index (κ1) is 13.3. The average Bonchev–Trinajstić information content (AvgIpc) is 2.81. The molecule has 18 heavy (non-hydrogen) atoms. The van der Waals surface area contributed by atoms with Gasteiger partial charge in [-0.05, 0) is 55.7 Å². The summed E-state index contributed by atoms with van der Waals surface area (Å²) in [6, 6.07) is 7.63. The van der Waals surface area contributed by atoms with Gasteiger partial charge in [-0.1, -0.05) is 18.5 Å². The van der Waals surface area contributed by atoms with Crippen LogP contribution in [0.5, 0.6) is 0 Å². The van der Waals surface area contributed by atoms with Crippen LogP contribution in [0.3, 0.4) is 0 Å². The Labute approximate surface area is 116 Å². The van der Waals surface area contributed by atoms with Gasteiger partial charge in [-0.15, -0.1) is 11.3 Å². The van der Waals surface area contributed by atoms with Crippen molar-refractivity contribution in [3.8, 4) is 0 Å². The Morgan fingerprint density at radius 2 is 1.89 bits per heavy atom. The number of carbonyl (C=O) groups is 1. The molecule has 0 saturated carbocycles. The first-order valence-corrected chi connectivity index (χ1v) is 7.12. The van der Waals surface area contributed by atoms with Gasteiger partial charge in [0, 0.05) is 10.4 Å². The van der Waals surface area contributed by atoms with E-state index in [-0.39, 0.29) is 5.78 Å². The van der Waals surface area contributed by atoms with E-state index >= 15 is 0 Å². The maximum absolute atomic E-state index is 12.4. The minimum atomic E-state index is 0.0211. The van der Waals surface area contributed by atoms with Gasteiger partial charge in [0.05, 0.1) is 9.90 Å². The SMILES string of the molecule is CCc1ccc(C(=O)c2cc(C)c(C)cc2Cl)s1. The Bertz CT molecular complexity index is 599. The molecular weight excluding hydrogens is 264 g/mol. The monoisotopic (exact) mass is 278 g/mol. The number of halogens is 1. The number of hydrogen-bond donors (Lipinski definition) is 0. The topological polar surface area (TPSA) is 17.1 Å². The largest absolute Gasteiger partial charge is 0.288 e. The second kappa shape index (κ2) is 5.25. The van der Waals surface area contributed by atoms with Crippen LogP contribution in [0.15, 0.2) is 24.3 Å². The first-order chi connectivity index (χ1) is 8.52. The van der Waals surface area contributed by atoms with Gasteiger partial charge in [-0.25, -0.2) is 0 Å². The molecule has 0 saturated heterocycles. The van der Waals surface area contributed by atoms with E-state index in [1.807, 2.05) is 38.1 Å². The molecule has 2 rings (SSSR count). The van der Waals surface area contributed by atoms with Crippen molar-refractivity contribution >= 4 is 28.7 Å². The molecule has 0 unspecified atom stereocenters. The van der Waals surface area contributed by atoms with E-state index in [1.54, 1.807) is 11.3 Å². The minimum absolute atomic E-state index is 0.0211. The van der Waals surface area contributed by atoms with E-state index in [9.17, 15) is 4.79 Å². The van der Waals surface area contributed by atoms with Crippen molar-refractivity contribution in [3.63, 3.8) is 0 Å². The molecule has 1 aromatic heterocycles. The molecule has 1 nitrogen and oxygen atoms in total. The summed E-state index contributed by atoms with van der Waals surface area (Å²) in [6.07, 6.45) is 0.957. The van der Waals surface area contributed by atoms with Gasteiger partial charge in [0.25, 0.3) is 0 Å². The highest BCUT2D eigenvalue weighted by molar-refractivity contribution is 7.14. The van der Waals surface area contributed by atoms with E-state index in [0.717, 1.165) is 22.4 Å². The van der Waals surface area contributed by atoms with Crippen LogP contribution in [0.4, 0.5) is 0 Å². The van der Waals surface area contributed by atoms with E-state index in [4.69, 9.17) is 11.6 Å². The van der Waals surface area contributed by atoms with Crippen molar-refractivity contribution in [2.45, 2.75) is 27.2 Å². The summed E-state index contributed by atoms with van der Waals surface area (Å²) in [4.78, 5) is 14.4. The fourth-order valence-corrected chi connectivity index (χ4v) is 2.98. The highest BCUT2D eigenvalue weighted by Crippen LogP contribution is 2.26. The molecule has 0 aliphatic rings. The molecule has 0 radical (unpaired) electrons. The van der Waals surface area contributed by atoms with Crippen LogP contribution in [-0.4, -0.2) is 5.78 Å². The summed E-state index contributed by atoms with van der Waals surface area (Å²) >= 11 is 7.72. The molecule has 0 fully saturated rings. The maximum Gasteiger partial charge on any atom is 0.204 e. The van der Waals surface area contributed by atoms with Crippen molar-refractivity contribution < 1.29 is 4.79 Å². The van der Waals surface area contributed by atoms with Crippen molar-refractivity contribution in [2.24, 2.45) is 0 Å². The molecule has 3 heteroatoms. The number of rotatable bonds is 3. The molecule has 0 amide bonds. The molecule has 94 valence electrons. The molecule has 0 aliphatic carbocycles. The zero-order chi connectivity index (χ0) is 13.3. The number of aryl methyl sites for hydroxylation is 3. The number of carbonyl (C=O) groups excluding carboxylic acids is 1. The standard InChI is InChI=1S/C15H15ClOS/c1-4-11-5-6-14(18-11)15(17)12-7-9(2)10(3)8-13(12)16/h5-8H,4H2,1-3H3. The summed E-state index contributed by atoms with van der Waals surface area (Å²) in [5.74, 6) is 0.0211. The lowest BCUT2D eigenvalue weighted by Gasteiger charge is -2.06. The van der Waals surface area contributed by atoms with E-state index in [1.165, 1.54) is 4.88 Å². The van der Waals surface area contributed by atoms with Crippen LogP contribution in [0.1, 0.15) is 38.2 Å². The summed E-state index contributed by atoms with van der Waals surface area (Å²) in [5, 5.41) is 0.537. The number of benzene rings is 1. The number of ketones is 1. The van der Waals surface area contributed by atoms with Crippen LogP contribution >= 0.6 is 22.9 Å². The highest BCUT2D eigenvalue weighted by atomic mass is 35.5. The van der Waals surface area contributed by atoms with E-state index < -0.39 is 0 Å². The van der Waals surface area contributed by atoms with Crippen molar-refractivity contribution in [1.29, 1.82) is 0 Å². The zero-order valence-corrected chi connectivity index (χ0v) is 12.3. The fourth-order valence-electron chi connectivity index (χ4n) is 1.78. The van der Waals surface area contributed by atoms with E-state index in [0.29, 0.717) is 10.6 Å². The fraction of sp³-hybridized carbons (Fsp3) is 0.267. The molecular formula is C15H15ClOS. The second-order valence-corrected chi connectivity index (χ2v) is 5.94. The second-order valence-electron chi connectivity index (χ2n) is 4.36.